The largest absolute Gasteiger partial charge is 0.396 e. The first kappa shape index (κ1) is 12.7. The highest BCUT2D eigenvalue weighted by atomic mass is 16.3. The Bertz CT molecular complexity index is 455. The molecule has 0 aliphatic heterocycles. The van der Waals surface area contributed by atoms with Crippen LogP contribution in [-0.2, 0) is 0 Å². The zero-order valence-corrected chi connectivity index (χ0v) is 10.3. The van der Waals surface area contributed by atoms with Gasteiger partial charge in [0.2, 0.25) is 0 Å². The Morgan fingerprint density at radius 1 is 1.56 bits per heavy atom. The third kappa shape index (κ3) is 3.11. The van der Waals surface area contributed by atoms with E-state index in [0.717, 1.165) is 32.2 Å². The van der Waals surface area contributed by atoms with Crippen molar-refractivity contribution < 1.29 is 5.11 Å². The molecule has 5 heteroatoms. The summed E-state index contributed by atoms with van der Waals surface area (Å²) in [7, 11) is 0. The van der Waals surface area contributed by atoms with Crippen molar-refractivity contribution in [1.82, 2.24) is 4.98 Å². The second kappa shape index (κ2) is 5.69. The molecule has 0 bridgehead atoms. The van der Waals surface area contributed by atoms with Crippen molar-refractivity contribution in [2.45, 2.75) is 31.8 Å². The van der Waals surface area contributed by atoms with Gasteiger partial charge in [0.05, 0.1) is 17.4 Å². The number of hydrogen-bond acceptors (Lipinski definition) is 5. The Hall–Kier alpha value is -1.80. The zero-order chi connectivity index (χ0) is 13.0. The fraction of sp³-hybridized carbons (Fsp3) is 0.538. The minimum atomic E-state index is -0.170. The lowest BCUT2D eigenvalue weighted by molar-refractivity contribution is 0.104. The summed E-state index contributed by atoms with van der Waals surface area (Å²) in [5, 5.41) is 21.5. The first-order valence-corrected chi connectivity index (χ1v) is 6.26. The normalized spacial score (nSPS) is 23.3. The molecular formula is C13H18N4O. The lowest BCUT2D eigenvalue weighted by Crippen LogP contribution is -2.25. The van der Waals surface area contributed by atoms with Crippen LogP contribution in [0.2, 0.25) is 0 Å². The maximum atomic E-state index is 9.60. The molecule has 0 radical (unpaired) electrons. The fourth-order valence-electron chi connectivity index (χ4n) is 2.38. The number of nitrogens with one attached hydrogen (secondary N) is 1. The molecule has 5 nitrogen and oxygen atoms in total. The summed E-state index contributed by atoms with van der Waals surface area (Å²) in [6.45, 7) is 0.764. The molecule has 0 saturated heterocycles. The highest BCUT2D eigenvalue weighted by molar-refractivity contribution is 5.63. The van der Waals surface area contributed by atoms with E-state index in [1.165, 1.54) is 6.20 Å². The van der Waals surface area contributed by atoms with Gasteiger partial charge in [-0.3, -0.25) is 0 Å². The molecule has 2 atom stereocenters. The van der Waals surface area contributed by atoms with Crippen molar-refractivity contribution in [2.75, 3.05) is 17.6 Å². The van der Waals surface area contributed by atoms with Gasteiger partial charge in [0.15, 0.2) is 0 Å². The van der Waals surface area contributed by atoms with E-state index in [2.05, 4.69) is 10.3 Å². The van der Waals surface area contributed by atoms with Gasteiger partial charge in [0.1, 0.15) is 11.9 Å². The summed E-state index contributed by atoms with van der Waals surface area (Å²) < 4.78 is 0. The molecule has 0 amide bonds. The minimum absolute atomic E-state index is 0.170. The van der Waals surface area contributed by atoms with Crippen LogP contribution in [0.3, 0.4) is 0 Å². The number of aliphatic hydroxyl groups is 1. The number of hydrogen-bond donors (Lipinski definition) is 3. The van der Waals surface area contributed by atoms with Crippen LogP contribution in [-0.4, -0.2) is 22.7 Å². The van der Waals surface area contributed by atoms with E-state index in [4.69, 9.17) is 11.0 Å². The summed E-state index contributed by atoms with van der Waals surface area (Å²) in [6, 6.07) is 3.62. The maximum absolute atomic E-state index is 9.60. The van der Waals surface area contributed by atoms with E-state index < -0.39 is 0 Å². The molecule has 0 aromatic carbocycles. The van der Waals surface area contributed by atoms with Gasteiger partial charge >= 0.3 is 0 Å². The second-order valence-corrected chi connectivity index (χ2v) is 4.84. The lowest BCUT2D eigenvalue weighted by Gasteiger charge is -2.26. The van der Waals surface area contributed by atoms with Crippen LogP contribution in [0.1, 0.15) is 31.2 Å². The molecule has 96 valence electrons. The van der Waals surface area contributed by atoms with Gasteiger partial charge in [-0.1, -0.05) is 6.42 Å². The average Bonchev–Trinajstić information content (AvgIpc) is 2.37. The smallest absolute Gasteiger partial charge is 0.149 e. The quantitative estimate of drug-likeness (QED) is 0.751. The van der Waals surface area contributed by atoms with E-state index in [1.54, 1.807) is 6.07 Å². The number of rotatable bonds is 3. The molecule has 1 heterocycles. The van der Waals surface area contributed by atoms with Crippen molar-refractivity contribution in [3.05, 3.63) is 17.8 Å². The van der Waals surface area contributed by atoms with Crippen LogP contribution < -0.4 is 11.1 Å². The van der Waals surface area contributed by atoms with Crippen LogP contribution in [0.25, 0.3) is 0 Å². The Kier molecular flexibility index (Phi) is 4.00. The monoisotopic (exact) mass is 246 g/mol. The number of nitrogens with two attached hydrogens (primary N) is 1. The molecule has 1 aliphatic carbocycles. The first-order chi connectivity index (χ1) is 8.69. The van der Waals surface area contributed by atoms with Crippen LogP contribution in [0.4, 0.5) is 11.5 Å². The third-order valence-corrected chi connectivity index (χ3v) is 3.36. The number of nitrogen functional groups attached to an aromatic ring is 1. The number of anilines is 2. The number of pyridine rings is 1. The highest BCUT2D eigenvalue weighted by Gasteiger charge is 2.20. The van der Waals surface area contributed by atoms with E-state index in [9.17, 15) is 5.11 Å². The molecule has 1 aromatic heterocycles. The standard InChI is InChI=1S/C13H18N4O/c14-6-10-5-12(15)13(17-8-10)16-7-9-2-1-3-11(18)4-9/h5,8-9,11,18H,1-4,7,15H2,(H,16,17). The predicted octanol–water partition coefficient (Wildman–Crippen LogP) is 1.50. The zero-order valence-electron chi connectivity index (χ0n) is 10.3. The summed E-state index contributed by atoms with van der Waals surface area (Å²) in [5.74, 6) is 1.08. The molecule has 1 aliphatic rings. The van der Waals surface area contributed by atoms with Crippen LogP contribution in [0.5, 0.6) is 0 Å². The van der Waals surface area contributed by atoms with Gasteiger partial charge < -0.3 is 16.2 Å². The van der Waals surface area contributed by atoms with Gasteiger partial charge in [-0.2, -0.15) is 5.26 Å². The van der Waals surface area contributed by atoms with Crippen molar-refractivity contribution in [2.24, 2.45) is 5.92 Å². The Labute approximate surface area is 107 Å². The Balaban J connectivity index is 1.92. The predicted molar refractivity (Wildman–Crippen MR) is 69.8 cm³/mol. The second-order valence-electron chi connectivity index (χ2n) is 4.84. The molecule has 0 spiro atoms. The number of aromatic nitrogens is 1. The van der Waals surface area contributed by atoms with Crippen molar-refractivity contribution in [1.29, 1.82) is 5.26 Å². The molecule has 2 rings (SSSR count). The first-order valence-electron chi connectivity index (χ1n) is 6.26. The molecule has 1 aromatic rings. The molecule has 2 unspecified atom stereocenters. The SMILES string of the molecule is N#Cc1cnc(NCC2CCCC(O)C2)c(N)c1. The topological polar surface area (TPSA) is 95.0 Å². The maximum Gasteiger partial charge on any atom is 0.149 e. The van der Waals surface area contributed by atoms with Gasteiger partial charge in [-0.05, 0) is 31.2 Å². The molecule has 4 N–H and O–H groups in total. The molecular weight excluding hydrogens is 228 g/mol. The van der Waals surface area contributed by atoms with E-state index in [1.807, 2.05) is 6.07 Å². The molecule has 18 heavy (non-hydrogen) atoms. The Morgan fingerprint density at radius 3 is 3.06 bits per heavy atom. The van der Waals surface area contributed by atoms with Crippen LogP contribution >= 0.6 is 0 Å². The van der Waals surface area contributed by atoms with Crippen LogP contribution in [0, 0.1) is 17.2 Å². The summed E-state index contributed by atoms with van der Waals surface area (Å²) in [4.78, 5) is 4.13. The van der Waals surface area contributed by atoms with Gasteiger partial charge in [-0.25, -0.2) is 4.98 Å². The summed E-state index contributed by atoms with van der Waals surface area (Å²) in [5.41, 5.74) is 6.77. The molecule has 1 fully saturated rings. The number of nitrogens with zero attached hydrogens (tertiary/aromatic N) is 2. The number of aliphatic hydroxyl groups excluding tert-OH is 1. The van der Waals surface area contributed by atoms with E-state index in [-0.39, 0.29) is 6.10 Å². The molecule has 1 saturated carbocycles. The van der Waals surface area contributed by atoms with Crippen molar-refractivity contribution in [3.63, 3.8) is 0 Å². The minimum Gasteiger partial charge on any atom is -0.396 e. The van der Waals surface area contributed by atoms with Gasteiger partial charge in [-0.15, -0.1) is 0 Å². The van der Waals surface area contributed by atoms with E-state index in [0.29, 0.717) is 23.0 Å². The average molecular weight is 246 g/mol. The highest BCUT2D eigenvalue weighted by Crippen LogP contribution is 2.25. The van der Waals surface area contributed by atoms with Gasteiger partial charge in [0, 0.05) is 12.7 Å². The fourth-order valence-corrected chi connectivity index (χ4v) is 2.38. The Morgan fingerprint density at radius 2 is 2.39 bits per heavy atom. The van der Waals surface area contributed by atoms with Crippen molar-refractivity contribution in [3.8, 4) is 6.07 Å². The van der Waals surface area contributed by atoms with Crippen molar-refractivity contribution >= 4 is 11.5 Å². The lowest BCUT2D eigenvalue weighted by atomic mass is 9.87. The van der Waals surface area contributed by atoms with Gasteiger partial charge in [0.25, 0.3) is 0 Å². The summed E-state index contributed by atoms with van der Waals surface area (Å²) >= 11 is 0. The third-order valence-electron chi connectivity index (χ3n) is 3.36. The van der Waals surface area contributed by atoms with Crippen LogP contribution in [0.15, 0.2) is 12.3 Å². The number of nitriles is 1. The van der Waals surface area contributed by atoms with E-state index >= 15 is 0 Å². The summed E-state index contributed by atoms with van der Waals surface area (Å²) in [6.07, 6.45) is 5.28.